The first kappa shape index (κ1) is 14.4. The van der Waals surface area contributed by atoms with Crippen molar-refractivity contribution in [3.8, 4) is 0 Å². The number of likely N-dealkylation sites (tertiary alicyclic amines) is 1. The van der Waals surface area contributed by atoms with E-state index >= 15 is 0 Å². The van der Waals surface area contributed by atoms with Gasteiger partial charge in [-0.1, -0.05) is 11.6 Å². The summed E-state index contributed by atoms with van der Waals surface area (Å²) < 4.78 is 1.79. The highest BCUT2D eigenvalue weighted by atomic mass is 16.3. The Morgan fingerprint density at radius 3 is 3.16 bits per heavy atom. The predicted molar refractivity (Wildman–Crippen MR) is 73.7 cm³/mol. The van der Waals surface area contributed by atoms with Gasteiger partial charge < -0.3 is 15.3 Å². The molecule has 0 spiro atoms. The fourth-order valence-electron chi connectivity index (χ4n) is 2.53. The van der Waals surface area contributed by atoms with Crippen LogP contribution in [0.15, 0.2) is 6.20 Å². The van der Waals surface area contributed by atoms with Gasteiger partial charge in [0.05, 0.1) is 5.69 Å². The molecule has 2 N–H and O–H groups in total. The molecule has 1 atom stereocenters. The highest BCUT2D eigenvalue weighted by molar-refractivity contribution is 4.92. The van der Waals surface area contributed by atoms with Crippen LogP contribution in [0.5, 0.6) is 0 Å². The lowest BCUT2D eigenvalue weighted by atomic mass is 10.0. The third kappa shape index (κ3) is 4.56. The highest BCUT2D eigenvalue weighted by Crippen LogP contribution is 2.13. The molecule has 6 heteroatoms. The van der Waals surface area contributed by atoms with Crippen LogP contribution in [0.1, 0.15) is 31.4 Å². The molecule has 6 nitrogen and oxygen atoms in total. The summed E-state index contributed by atoms with van der Waals surface area (Å²) >= 11 is 0. The van der Waals surface area contributed by atoms with Crippen LogP contribution in [-0.2, 0) is 13.1 Å². The monoisotopic (exact) mass is 267 g/mol. The van der Waals surface area contributed by atoms with Gasteiger partial charge in [-0.25, -0.2) is 0 Å². The van der Waals surface area contributed by atoms with Crippen molar-refractivity contribution >= 4 is 0 Å². The summed E-state index contributed by atoms with van der Waals surface area (Å²) in [4.78, 5) is 2.44. The summed E-state index contributed by atoms with van der Waals surface area (Å²) in [5, 5.41) is 20.4. The van der Waals surface area contributed by atoms with Crippen LogP contribution in [0.4, 0.5) is 0 Å². The Hall–Kier alpha value is -0.980. The van der Waals surface area contributed by atoms with Crippen molar-refractivity contribution in [2.45, 2.75) is 44.8 Å². The number of likely N-dealkylation sites (N-methyl/N-ethyl adjacent to an activating group) is 1. The Morgan fingerprint density at radius 2 is 2.37 bits per heavy atom. The largest absolute Gasteiger partial charge is 0.396 e. The molecule has 0 bridgehead atoms. The van der Waals surface area contributed by atoms with Gasteiger partial charge in [-0.05, 0) is 32.9 Å². The number of nitrogens with zero attached hydrogens (tertiary/aromatic N) is 4. The molecule has 1 saturated heterocycles. The molecule has 2 rings (SSSR count). The normalized spacial score (nSPS) is 20.8. The van der Waals surface area contributed by atoms with Crippen LogP contribution in [0, 0.1) is 0 Å². The molecule has 0 amide bonds. The Balaban J connectivity index is 1.68. The summed E-state index contributed by atoms with van der Waals surface area (Å²) in [7, 11) is 2.21. The van der Waals surface area contributed by atoms with Gasteiger partial charge in [-0.15, -0.1) is 5.10 Å². The lowest BCUT2D eigenvalue weighted by Gasteiger charge is -2.32. The second-order valence-electron chi connectivity index (χ2n) is 5.31. The number of aliphatic hydroxyl groups is 1. The van der Waals surface area contributed by atoms with Gasteiger partial charge in [0.15, 0.2) is 0 Å². The van der Waals surface area contributed by atoms with Crippen LogP contribution in [0.2, 0.25) is 0 Å². The average Bonchev–Trinajstić information content (AvgIpc) is 2.86. The zero-order valence-corrected chi connectivity index (χ0v) is 11.8. The number of aliphatic hydroxyl groups excluding tert-OH is 1. The molecule has 2 heterocycles. The fraction of sp³-hybridized carbons (Fsp3) is 0.846. The molecule has 0 aromatic carbocycles. The molecule has 1 aromatic heterocycles. The van der Waals surface area contributed by atoms with Crippen LogP contribution in [0.25, 0.3) is 0 Å². The summed E-state index contributed by atoms with van der Waals surface area (Å²) in [5.41, 5.74) is 0.969. The van der Waals surface area contributed by atoms with Crippen molar-refractivity contribution < 1.29 is 5.11 Å². The van der Waals surface area contributed by atoms with E-state index in [4.69, 9.17) is 5.11 Å². The zero-order chi connectivity index (χ0) is 13.5. The van der Waals surface area contributed by atoms with E-state index in [0.29, 0.717) is 6.04 Å². The number of nitrogens with one attached hydrogen (secondary N) is 1. The van der Waals surface area contributed by atoms with Crippen molar-refractivity contribution in [3.05, 3.63) is 11.9 Å². The molecular formula is C13H25N5O. The van der Waals surface area contributed by atoms with Gasteiger partial charge in [0.2, 0.25) is 0 Å². The Labute approximate surface area is 114 Å². The van der Waals surface area contributed by atoms with Gasteiger partial charge >= 0.3 is 0 Å². The molecule has 19 heavy (non-hydrogen) atoms. The quantitative estimate of drug-likeness (QED) is 0.740. The number of piperidine rings is 1. The molecule has 1 aromatic rings. The van der Waals surface area contributed by atoms with Gasteiger partial charge in [-0.2, -0.15) is 0 Å². The van der Waals surface area contributed by atoms with E-state index in [2.05, 4.69) is 27.6 Å². The van der Waals surface area contributed by atoms with E-state index in [1.807, 2.05) is 6.20 Å². The smallest absolute Gasteiger partial charge is 0.0964 e. The van der Waals surface area contributed by atoms with Crippen LogP contribution >= 0.6 is 0 Å². The fourth-order valence-corrected chi connectivity index (χ4v) is 2.53. The highest BCUT2D eigenvalue weighted by Gasteiger charge is 2.18. The minimum absolute atomic E-state index is 0.196. The van der Waals surface area contributed by atoms with E-state index in [9.17, 15) is 0 Å². The number of aromatic nitrogens is 3. The maximum Gasteiger partial charge on any atom is 0.0964 e. The van der Waals surface area contributed by atoms with E-state index in [-0.39, 0.29) is 6.61 Å². The molecule has 108 valence electrons. The van der Waals surface area contributed by atoms with Gasteiger partial charge in [0, 0.05) is 38.5 Å². The lowest BCUT2D eigenvalue weighted by molar-refractivity contribution is 0.181. The molecule has 1 aliphatic rings. The number of rotatable bonds is 7. The third-order valence-corrected chi connectivity index (χ3v) is 3.74. The second kappa shape index (κ2) is 7.57. The van der Waals surface area contributed by atoms with Crippen molar-refractivity contribution in [1.82, 2.24) is 25.2 Å². The van der Waals surface area contributed by atoms with Crippen molar-refractivity contribution in [3.63, 3.8) is 0 Å². The molecule has 0 aliphatic carbocycles. The average molecular weight is 267 g/mol. The first-order valence-electron chi connectivity index (χ1n) is 7.20. The summed E-state index contributed by atoms with van der Waals surface area (Å²) in [6, 6.07) is 0.651. The standard InChI is InChI=1S/C13H25N5O/c1-17-6-3-2-5-13(17)10-14-9-12-11-18(16-15-12)7-4-8-19/h11,13-14,19H,2-10H2,1H3. The first-order chi connectivity index (χ1) is 9.29. The maximum atomic E-state index is 8.77. The maximum absolute atomic E-state index is 8.77. The lowest BCUT2D eigenvalue weighted by Crippen LogP contribution is -2.42. The Bertz CT molecular complexity index is 368. The summed E-state index contributed by atoms with van der Waals surface area (Å²) in [6.07, 6.45) is 6.63. The SMILES string of the molecule is CN1CCCCC1CNCc1cn(CCCO)nn1. The number of aryl methyl sites for hydroxylation is 1. The van der Waals surface area contributed by atoms with Crippen LogP contribution in [0.3, 0.4) is 0 Å². The van der Waals surface area contributed by atoms with Gasteiger partial charge in [0.25, 0.3) is 0 Å². The zero-order valence-electron chi connectivity index (χ0n) is 11.8. The Kier molecular flexibility index (Phi) is 5.75. The molecule has 1 unspecified atom stereocenters. The molecular weight excluding hydrogens is 242 g/mol. The second-order valence-corrected chi connectivity index (χ2v) is 5.31. The molecule has 1 aliphatic heterocycles. The molecule has 0 saturated carbocycles. The van der Waals surface area contributed by atoms with Crippen molar-refractivity contribution in [1.29, 1.82) is 0 Å². The predicted octanol–water partition coefficient (Wildman–Crippen LogP) is 0.234. The third-order valence-electron chi connectivity index (χ3n) is 3.74. The van der Waals surface area contributed by atoms with Crippen molar-refractivity contribution in [2.24, 2.45) is 0 Å². The Morgan fingerprint density at radius 1 is 1.47 bits per heavy atom. The van der Waals surface area contributed by atoms with E-state index < -0.39 is 0 Å². The summed E-state index contributed by atoms with van der Waals surface area (Å²) in [6.45, 7) is 3.92. The van der Waals surface area contributed by atoms with E-state index in [1.54, 1.807) is 4.68 Å². The minimum atomic E-state index is 0.196. The van der Waals surface area contributed by atoms with E-state index in [1.165, 1.54) is 25.8 Å². The van der Waals surface area contributed by atoms with Gasteiger partial charge in [0.1, 0.15) is 0 Å². The summed E-state index contributed by atoms with van der Waals surface area (Å²) in [5.74, 6) is 0. The minimum Gasteiger partial charge on any atom is -0.396 e. The van der Waals surface area contributed by atoms with E-state index in [0.717, 1.165) is 31.7 Å². The molecule has 0 radical (unpaired) electrons. The number of hydrogen-bond acceptors (Lipinski definition) is 5. The van der Waals surface area contributed by atoms with Crippen LogP contribution < -0.4 is 5.32 Å². The molecule has 1 fully saturated rings. The van der Waals surface area contributed by atoms with Gasteiger partial charge in [-0.3, -0.25) is 4.68 Å². The first-order valence-corrected chi connectivity index (χ1v) is 7.20. The topological polar surface area (TPSA) is 66.2 Å². The van der Waals surface area contributed by atoms with Crippen LogP contribution in [-0.4, -0.2) is 57.8 Å². The number of hydrogen-bond donors (Lipinski definition) is 2. The van der Waals surface area contributed by atoms with Crippen molar-refractivity contribution in [2.75, 3.05) is 26.7 Å².